The van der Waals surface area contributed by atoms with Crippen LogP contribution in [0.3, 0.4) is 0 Å². The third kappa shape index (κ3) is 3.48. The molecule has 0 bridgehead atoms. The number of hydrogen-bond donors (Lipinski definition) is 1. The predicted molar refractivity (Wildman–Crippen MR) is 56.4 cm³/mol. The van der Waals surface area contributed by atoms with Crippen LogP contribution in [0.15, 0.2) is 0 Å². The summed E-state index contributed by atoms with van der Waals surface area (Å²) in [5.41, 5.74) is 0. The molecule has 82 valence electrons. The van der Waals surface area contributed by atoms with Gasteiger partial charge in [-0.3, -0.25) is 4.79 Å². The number of halogens is 1. The molecule has 0 aromatic heterocycles. The minimum Gasteiger partial charge on any atom is -0.481 e. The SMILES string of the molecule is CC(F)C(CC(=O)O)C1CCSCC1. The van der Waals surface area contributed by atoms with Gasteiger partial charge >= 0.3 is 5.97 Å². The highest BCUT2D eigenvalue weighted by Crippen LogP contribution is 2.33. The Kier molecular flexibility index (Phi) is 4.72. The fraction of sp³-hybridized carbons (Fsp3) is 0.900. The van der Waals surface area contributed by atoms with Crippen LogP contribution in [0, 0.1) is 11.8 Å². The van der Waals surface area contributed by atoms with E-state index in [9.17, 15) is 9.18 Å². The summed E-state index contributed by atoms with van der Waals surface area (Å²) in [6.07, 6.45) is 0.917. The van der Waals surface area contributed by atoms with Crippen molar-refractivity contribution in [2.45, 2.75) is 32.4 Å². The van der Waals surface area contributed by atoms with Gasteiger partial charge in [-0.05, 0) is 37.2 Å². The molecule has 1 aliphatic rings. The van der Waals surface area contributed by atoms with Gasteiger partial charge < -0.3 is 5.11 Å². The van der Waals surface area contributed by atoms with Crippen molar-refractivity contribution < 1.29 is 14.3 Å². The first-order valence-corrected chi connectivity index (χ1v) is 6.20. The monoisotopic (exact) mass is 220 g/mol. The zero-order chi connectivity index (χ0) is 10.6. The number of alkyl halides is 1. The predicted octanol–water partition coefficient (Wildman–Crippen LogP) is 2.58. The Labute approximate surface area is 88.3 Å². The average Bonchev–Trinajstić information content (AvgIpc) is 2.15. The van der Waals surface area contributed by atoms with Crippen LogP contribution >= 0.6 is 11.8 Å². The molecular weight excluding hydrogens is 203 g/mol. The zero-order valence-corrected chi connectivity index (χ0v) is 9.23. The van der Waals surface area contributed by atoms with E-state index < -0.39 is 12.1 Å². The molecule has 1 heterocycles. The van der Waals surface area contributed by atoms with Gasteiger partial charge in [-0.25, -0.2) is 4.39 Å². The number of carboxylic acids is 1. The van der Waals surface area contributed by atoms with Gasteiger partial charge in [-0.1, -0.05) is 0 Å². The van der Waals surface area contributed by atoms with E-state index in [1.807, 2.05) is 11.8 Å². The van der Waals surface area contributed by atoms with Gasteiger partial charge in [-0.2, -0.15) is 11.8 Å². The molecule has 1 aliphatic heterocycles. The minimum absolute atomic E-state index is 0.0208. The molecule has 4 heteroatoms. The smallest absolute Gasteiger partial charge is 0.303 e. The molecule has 2 unspecified atom stereocenters. The van der Waals surface area contributed by atoms with Crippen molar-refractivity contribution in [2.24, 2.45) is 11.8 Å². The summed E-state index contributed by atoms with van der Waals surface area (Å²) in [6.45, 7) is 1.48. The first-order chi connectivity index (χ1) is 6.61. The fourth-order valence-corrected chi connectivity index (χ4v) is 3.19. The largest absolute Gasteiger partial charge is 0.481 e. The van der Waals surface area contributed by atoms with Crippen molar-refractivity contribution in [1.29, 1.82) is 0 Å². The first-order valence-electron chi connectivity index (χ1n) is 5.05. The van der Waals surface area contributed by atoms with Crippen molar-refractivity contribution in [1.82, 2.24) is 0 Å². The van der Waals surface area contributed by atoms with Crippen LogP contribution in [0.1, 0.15) is 26.2 Å². The van der Waals surface area contributed by atoms with Gasteiger partial charge in [0.05, 0.1) is 6.42 Å². The Bertz CT molecular complexity index is 191. The average molecular weight is 220 g/mol. The lowest BCUT2D eigenvalue weighted by Crippen LogP contribution is -2.28. The number of hydrogen-bond acceptors (Lipinski definition) is 2. The lowest BCUT2D eigenvalue weighted by atomic mass is 9.82. The van der Waals surface area contributed by atoms with E-state index in [1.165, 1.54) is 6.92 Å². The summed E-state index contributed by atoms with van der Waals surface area (Å²) < 4.78 is 13.2. The Balaban J connectivity index is 2.51. The van der Waals surface area contributed by atoms with Crippen LogP contribution in [0.5, 0.6) is 0 Å². The molecule has 0 saturated carbocycles. The van der Waals surface area contributed by atoms with Crippen LogP contribution in [-0.4, -0.2) is 28.8 Å². The molecule has 1 saturated heterocycles. The normalized spacial score (nSPS) is 23.0. The van der Waals surface area contributed by atoms with Crippen molar-refractivity contribution in [2.75, 3.05) is 11.5 Å². The van der Waals surface area contributed by atoms with E-state index in [-0.39, 0.29) is 18.3 Å². The first kappa shape index (κ1) is 11.8. The zero-order valence-electron chi connectivity index (χ0n) is 8.41. The number of carboxylic acid groups (broad SMARTS) is 1. The molecule has 2 nitrogen and oxygen atoms in total. The molecule has 2 atom stereocenters. The van der Waals surface area contributed by atoms with E-state index in [0.717, 1.165) is 24.3 Å². The molecule has 0 spiro atoms. The highest BCUT2D eigenvalue weighted by Gasteiger charge is 2.30. The van der Waals surface area contributed by atoms with E-state index >= 15 is 0 Å². The third-order valence-corrected chi connectivity index (χ3v) is 3.92. The summed E-state index contributed by atoms with van der Waals surface area (Å²) in [4.78, 5) is 10.6. The Morgan fingerprint density at radius 1 is 1.57 bits per heavy atom. The Morgan fingerprint density at radius 2 is 2.14 bits per heavy atom. The van der Waals surface area contributed by atoms with Crippen LogP contribution < -0.4 is 0 Å². The second-order valence-corrected chi connectivity index (χ2v) is 5.11. The quantitative estimate of drug-likeness (QED) is 0.791. The van der Waals surface area contributed by atoms with Crippen molar-refractivity contribution >= 4 is 17.7 Å². The molecule has 0 aliphatic carbocycles. The van der Waals surface area contributed by atoms with E-state index in [0.29, 0.717) is 0 Å². The topological polar surface area (TPSA) is 37.3 Å². The van der Waals surface area contributed by atoms with E-state index in [2.05, 4.69) is 0 Å². The van der Waals surface area contributed by atoms with E-state index in [1.54, 1.807) is 0 Å². The maximum absolute atomic E-state index is 13.2. The van der Waals surface area contributed by atoms with Gasteiger partial charge in [0.15, 0.2) is 0 Å². The molecule has 14 heavy (non-hydrogen) atoms. The molecule has 1 rings (SSSR count). The van der Waals surface area contributed by atoms with Crippen LogP contribution in [-0.2, 0) is 4.79 Å². The standard InChI is InChI=1S/C10H17FO2S/c1-7(11)9(6-10(12)13)8-2-4-14-5-3-8/h7-9H,2-6H2,1H3,(H,12,13). The summed E-state index contributed by atoms with van der Waals surface area (Å²) in [6, 6.07) is 0. The highest BCUT2D eigenvalue weighted by atomic mass is 32.2. The number of rotatable bonds is 4. The molecule has 0 aromatic rings. The third-order valence-electron chi connectivity index (χ3n) is 2.87. The fourth-order valence-electron chi connectivity index (χ4n) is 2.05. The van der Waals surface area contributed by atoms with Gasteiger partial charge in [-0.15, -0.1) is 0 Å². The minimum atomic E-state index is -1.00. The number of carbonyl (C=O) groups is 1. The molecule has 1 fully saturated rings. The second kappa shape index (κ2) is 5.59. The molecule has 0 aromatic carbocycles. The van der Waals surface area contributed by atoms with Crippen LogP contribution in [0.25, 0.3) is 0 Å². The second-order valence-electron chi connectivity index (χ2n) is 3.89. The summed E-state index contributed by atoms with van der Waals surface area (Å²) in [5, 5.41) is 8.69. The summed E-state index contributed by atoms with van der Waals surface area (Å²) in [5.74, 6) is 1.21. The van der Waals surface area contributed by atoms with Crippen molar-refractivity contribution in [3.63, 3.8) is 0 Å². The van der Waals surface area contributed by atoms with Crippen LogP contribution in [0.4, 0.5) is 4.39 Å². The number of thioether (sulfide) groups is 1. The lowest BCUT2D eigenvalue weighted by molar-refractivity contribution is -0.139. The summed E-state index contributed by atoms with van der Waals surface area (Å²) >= 11 is 1.88. The van der Waals surface area contributed by atoms with Gasteiger partial charge in [0.2, 0.25) is 0 Å². The van der Waals surface area contributed by atoms with Crippen LogP contribution in [0.2, 0.25) is 0 Å². The molecule has 0 amide bonds. The maximum atomic E-state index is 13.2. The van der Waals surface area contributed by atoms with Crippen molar-refractivity contribution in [3.8, 4) is 0 Å². The molecule has 1 N–H and O–H groups in total. The Morgan fingerprint density at radius 3 is 2.57 bits per heavy atom. The van der Waals surface area contributed by atoms with Gasteiger partial charge in [0, 0.05) is 5.92 Å². The number of aliphatic carboxylic acids is 1. The molecular formula is C10H17FO2S. The maximum Gasteiger partial charge on any atom is 0.303 e. The van der Waals surface area contributed by atoms with Gasteiger partial charge in [0.1, 0.15) is 6.17 Å². The van der Waals surface area contributed by atoms with E-state index in [4.69, 9.17) is 5.11 Å². The summed E-state index contributed by atoms with van der Waals surface area (Å²) in [7, 11) is 0. The van der Waals surface area contributed by atoms with Gasteiger partial charge in [0.25, 0.3) is 0 Å². The van der Waals surface area contributed by atoms with Crippen molar-refractivity contribution in [3.05, 3.63) is 0 Å². The highest BCUT2D eigenvalue weighted by molar-refractivity contribution is 7.99. The Hall–Kier alpha value is -0.250. The molecule has 0 radical (unpaired) electrons. The lowest BCUT2D eigenvalue weighted by Gasteiger charge is -2.29.